The van der Waals surface area contributed by atoms with Crippen molar-refractivity contribution < 1.29 is 33.0 Å². The molecular formula is C14H14F3N3O4. The molecule has 0 atom stereocenters. The number of nitrogen functional groups attached to an aromatic ring is 1. The smallest absolute Gasteiger partial charge is 0.408 e. The molecule has 0 spiro atoms. The zero-order valence-electron chi connectivity index (χ0n) is 12.4. The second-order valence-corrected chi connectivity index (χ2v) is 4.69. The summed E-state index contributed by atoms with van der Waals surface area (Å²) in [7, 11) is 0. The Kier molecular flexibility index (Phi) is 5.93. The van der Waals surface area contributed by atoms with Crippen LogP contribution in [0, 0.1) is 6.92 Å². The van der Waals surface area contributed by atoms with Crippen LogP contribution in [0.2, 0.25) is 0 Å². The van der Waals surface area contributed by atoms with Crippen LogP contribution >= 0.6 is 0 Å². The molecule has 0 unspecified atom stereocenters. The second kappa shape index (κ2) is 7.49. The van der Waals surface area contributed by atoms with Gasteiger partial charge in [-0.15, -0.1) is 0 Å². The predicted molar refractivity (Wildman–Crippen MR) is 77.8 cm³/mol. The predicted octanol–water partition coefficient (Wildman–Crippen LogP) is 2.42. The van der Waals surface area contributed by atoms with E-state index < -0.39 is 24.7 Å². The summed E-state index contributed by atoms with van der Waals surface area (Å²) in [6.07, 6.45) is -3.05. The van der Waals surface area contributed by atoms with Gasteiger partial charge < -0.3 is 15.9 Å². The highest BCUT2D eigenvalue weighted by atomic mass is 19.4. The molecule has 0 bridgehead atoms. The van der Waals surface area contributed by atoms with Crippen molar-refractivity contribution in [1.29, 1.82) is 0 Å². The van der Waals surface area contributed by atoms with Crippen LogP contribution in [0.15, 0.2) is 30.5 Å². The summed E-state index contributed by atoms with van der Waals surface area (Å²) < 4.78 is 35.7. The first-order valence-corrected chi connectivity index (χ1v) is 6.42. The van der Waals surface area contributed by atoms with E-state index in [9.17, 15) is 22.8 Å². The first-order valence-electron chi connectivity index (χ1n) is 6.42. The molecule has 2 aromatic rings. The lowest BCUT2D eigenvalue weighted by atomic mass is 10.1. The SMILES string of the molecule is Cc1ccc(C(=O)O)cc1C(=O)O.Nc1ccn(CC(F)(F)F)n1. The van der Waals surface area contributed by atoms with Gasteiger partial charge in [-0.3, -0.25) is 4.68 Å². The number of benzene rings is 1. The minimum atomic E-state index is -4.24. The van der Waals surface area contributed by atoms with Crippen LogP contribution in [0.3, 0.4) is 0 Å². The van der Waals surface area contributed by atoms with E-state index in [0.717, 1.165) is 10.7 Å². The maximum Gasteiger partial charge on any atom is 0.408 e. The van der Waals surface area contributed by atoms with Gasteiger partial charge >= 0.3 is 18.1 Å². The molecule has 0 aliphatic heterocycles. The Morgan fingerprint density at radius 2 is 1.83 bits per heavy atom. The van der Waals surface area contributed by atoms with Crippen molar-refractivity contribution in [3.63, 3.8) is 0 Å². The number of aromatic nitrogens is 2. The van der Waals surface area contributed by atoms with Gasteiger partial charge in [0.25, 0.3) is 0 Å². The number of carboxylic acids is 2. The van der Waals surface area contributed by atoms with Gasteiger partial charge in [-0.2, -0.15) is 18.3 Å². The maximum atomic E-state index is 11.6. The van der Waals surface area contributed by atoms with E-state index in [1.165, 1.54) is 24.4 Å². The number of hydrogen-bond acceptors (Lipinski definition) is 4. The summed E-state index contributed by atoms with van der Waals surface area (Å²) >= 11 is 0. The Morgan fingerprint density at radius 3 is 2.25 bits per heavy atom. The van der Waals surface area contributed by atoms with E-state index >= 15 is 0 Å². The molecule has 1 heterocycles. The molecule has 0 saturated carbocycles. The lowest BCUT2D eigenvalue weighted by molar-refractivity contribution is -0.142. The van der Waals surface area contributed by atoms with E-state index in [1.54, 1.807) is 6.92 Å². The minimum absolute atomic E-state index is 0.0111. The van der Waals surface area contributed by atoms with Crippen molar-refractivity contribution in [2.24, 2.45) is 0 Å². The van der Waals surface area contributed by atoms with Gasteiger partial charge in [0.2, 0.25) is 0 Å². The third-order valence-corrected chi connectivity index (χ3v) is 2.72. The molecule has 10 heteroatoms. The number of halogens is 3. The van der Waals surface area contributed by atoms with Crippen molar-refractivity contribution in [2.75, 3.05) is 5.73 Å². The molecule has 7 nitrogen and oxygen atoms in total. The molecule has 4 N–H and O–H groups in total. The van der Waals surface area contributed by atoms with Crippen LogP contribution in [0.5, 0.6) is 0 Å². The summed E-state index contributed by atoms with van der Waals surface area (Å²) in [5, 5.41) is 20.6. The molecule has 0 amide bonds. The average molecular weight is 345 g/mol. The van der Waals surface area contributed by atoms with Gasteiger partial charge in [0, 0.05) is 6.20 Å². The molecule has 130 valence electrons. The van der Waals surface area contributed by atoms with Crippen LogP contribution in [-0.2, 0) is 6.54 Å². The first kappa shape index (κ1) is 19.0. The van der Waals surface area contributed by atoms with E-state index in [-0.39, 0.29) is 16.9 Å². The number of hydrogen-bond donors (Lipinski definition) is 3. The van der Waals surface area contributed by atoms with Crippen molar-refractivity contribution in [1.82, 2.24) is 9.78 Å². The Balaban J connectivity index is 0.000000243. The number of rotatable bonds is 3. The van der Waals surface area contributed by atoms with E-state index in [0.29, 0.717) is 5.56 Å². The molecule has 1 aromatic carbocycles. The summed E-state index contributed by atoms with van der Waals surface area (Å²) in [4.78, 5) is 21.1. The summed E-state index contributed by atoms with van der Waals surface area (Å²) in [6.45, 7) is 0.527. The molecule has 1 aromatic heterocycles. The molecule has 2 rings (SSSR count). The van der Waals surface area contributed by atoms with Crippen LogP contribution in [0.25, 0.3) is 0 Å². The number of anilines is 1. The second-order valence-electron chi connectivity index (χ2n) is 4.69. The van der Waals surface area contributed by atoms with Crippen LogP contribution in [0.4, 0.5) is 19.0 Å². The normalized spacial score (nSPS) is 10.7. The summed E-state index contributed by atoms with van der Waals surface area (Å²) in [5.74, 6) is -2.14. The maximum absolute atomic E-state index is 11.6. The Bertz CT molecular complexity index is 741. The largest absolute Gasteiger partial charge is 0.478 e. The molecule has 0 aliphatic rings. The zero-order chi connectivity index (χ0) is 18.5. The fourth-order valence-corrected chi connectivity index (χ4v) is 1.63. The molecule has 0 aliphatic carbocycles. The highest BCUT2D eigenvalue weighted by Gasteiger charge is 2.28. The monoisotopic (exact) mass is 345 g/mol. The molecule has 0 saturated heterocycles. The molecular weight excluding hydrogens is 331 g/mol. The van der Waals surface area contributed by atoms with E-state index in [1.807, 2.05) is 0 Å². The fraction of sp³-hybridized carbons (Fsp3) is 0.214. The quantitative estimate of drug-likeness (QED) is 0.786. The Labute approximate surface area is 134 Å². The lowest BCUT2D eigenvalue weighted by Gasteiger charge is -2.04. The lowest BCUT2D eigenvalue weighted by Crippen LogP contribution is -2.18. The highest BCUT2D eigenvalue weighted by molar-refractivity contribution is 5.94. The molecule has 0 radical (unpaired) electrons. The number of alkyl halides is 3. The number of carboxylic acid groups (broad SMARTS) is 2. The first-order chi connectivity index (χ1) is 11.0. The van der Waals surface area contributed by atoms with Crippen molar-refractivity contribution in [3.05, 3.63) is 47.2 Å². The van der Waals surface area contributed by atoms with Gasteiger partial charge in [0.15, 0.2) is 0 Å². The average Bonchev–Trinajstić information content (AvgIpc) is 2.82. The third kappa shape index (κ3) is 5.99. The topological polar surface area (TPSA) is 118 Å². The minimum Gasteiger partial charge on any atom is -0.478 e. The van der Waals surface area contributed by atoms with Gasteiger partial charge in [0.1, 0.15) is 12.4 Å². The summed E-state index contributed by atoms with van der Waals surface area (Å²) in [6, 6.07) is 5.32. The van der Waals surface area contributed by atoms with Crippen molar-refractivity contribution in [2.45, 2.75) is 19.6 Å². The third-order valence-electron chi connectivity index (χ3n) is 2.72. The van der Waals surface area contributed by atoms with E-state index in [4.69, 9.17) is 15.9 Å². The fourth-order valence-electron chi connectivity index (χ4n) is 1.63. The Morgan fingerprint density at radius 1 is 1.21 bits per heavy atom. The number of nitrogens with two attached hydrogens (primary N) is 1. The number of nitrogens with zero attached hydrogens (tertiary/aromatic N) is 2. The van der Waals surface area contributed by atoms with Crippen LogP contribution < -0.4 is 5.73 Å². The van der Waals surface area contributed by atoms with Crippen molar-refractivity contribution in [3.8, 4) is 0 Å². The molecule has 0 fully saturated rings. The number of carbonyl (C=O) groups is 2. The number of aromatic carboxylic acids is 2. The van der Waals surface area contributed by atoms with Gasteiger partial charge in [-0.1, -0.05) is 6.07 Å². The Hall–Kier alpha value is -3.04. The van der Waals surface area contributed by atoms with Crippen LogP contribution in [-0.4, -0.2) is 38.1 Å². The van der Waals surface area contributed by atoms with Gasteiger partial charge in [-0.25, -0.2) is 9.59 Å². The molecule has 24 heavy (non-hydrogen) atoms. The van der Waals surface area contributed by atoms with Crippen LogP contribution in [0.1, 0.15) is 26.3 Å². The summed E-state index contributed by atoms with van der Waals surface area (Å²) in [5.41, 5.74) is 5.67. The standard InChI is InChI=1S/C9H8O4.C5H6F3N3/c1-5-2-3-6(8(10)11)4-7(5)9(12)13;6-5(7,8)3-11-2-1-4(9)10-11/h2-4H,1H3,(H,10,11)(H,12,13);1-2H,3H2,(H2,9,10). The van der Waals surface area contributed by atoms with Gasteiger partial charge in [-0.05, 0) is 30.7 Å². The highest BCUT2D eigenvalue weighted by Crippen LogP contribution is 2.17. The zero-order valence-corrected chi connectivity index (χ0v) is 12.4. The van der Waals surface area contributed by atoms with E-state index in [2.05, 4.69) is 5.10 Å². The van der Waals surface area contributed by atoms with Gasteiger partial charge in [0.05, 0.1) is 11.1 Å². The van der Waals surface area contributed by atoms with Crippen molar-refractivity contribution >= 4 is 17.8 Å². The number of aryl methyl sites for hydroxylation is 1.